The van der Waals surface area contributed by atoms with Crippen molar-refractivity contribution < 1.29 is 14.1 Å². The van der Waals surface area contributed by atoms with Gasteiger partial charge in [0.25, 0.3) is 5.69 Å². The number of amides is 1. The lowest BCUT2D eigenvalue weighted by Gasteiger charge is -1.96. The van der Waals surface area contributed by atoms with Crippen molar-refractivity contribution in [3.8, 4) is 11.3 Å². The van der Waals surface area contributed by atoms with Crippen LogP contribution in [0.5, 0.6) is 0 Å². The first-order valence-corrected chi connectivity index (χ1v) is 5.70. The van der Waals surface area contributed by atoms with Gasteiger partial charge in [-0.3, -0.25) is 14.9 Å². The Kier molecular flexibility index (Phi) is 3.90. The number of nitrogens with zero attached hydrogens (tertiary/aromatic N) is 2. The van der Waals surface area contributed by atoms with E-state index in [1.54, 1.807) is 24.3 Å². The molecule has 7 heteroatoms. The number of hydrazone groups is 1. The van der Waals surface area contributed by atoms with Gasteiger partial charge in [0.15, 0.2) is 0 Å². The zero-order chi connectivity index (χ0) is 14.5. The number of carbonyl (C=O) groups is 1. The normalized spacial score (nSPS) is 10.7. The molecule has 0 radical (unpaired) electrons. The Morgan fingerprint density at radius 1 is 1.40 bits per heavy atom. The number of non-ortho nitro benzene ring substituents is 1. The van der Waals surface area contributed by atoms with Gasteiger partial charge in [0, 0.05) is 24.6 Å². The summed E-state index contributed by atoms with van der Waals surface area (Å²) in [7, 11) is 0. The number of benzene rings is 1. The number of hydrogen-bond acceptors (Lipinski definition) is 5. The topological polar surface area (TPSA) is 97.7 Å². The van der Waals surface area contributed by atoms with Crippen molar-refractivity contribution in [3.63, 3.8) is 0 Å². The van der Waals surface area contributed by atoms with Gasteiger partial charge in [-0.2, -0.15) is 5.10 Å². The average Bonchev–Trinajstić information content (AvgIpc) is 2.87. The monoisotopic (exact) mass is 273 g/mol. The maximum Gasteiger partial charge on any atom is 0.270 e. The van der Waals surface area contributed by atoms with Crippen molar-refractivity contribution in [2.24, 2.45) is 5.10 Å². The number of carbonyl (C=O) groups excluding carboxylic acids is 1. The average molecular weight is 273 g/mol. The van der Waals surface area contributed by atoms with E-state index in [4.69, 9.17) is 4.42 Å². The summed E-state index contributed by atoms with van der Waals surface area (Å²) in [4.78, 5) is 20.9. The first-order valence-electron chi connectivity index (χ1n) is 5.70. The fourth-order valence-electron chi connectivity index (χ4n) is 1.54. The minimum Gasteiger partial charge on any atom is -0.455 e. The van der Waals surface area contributed by atoms with Gasteiger partial charge >= 0.3 is 0 Å². The highest BCUT2D eigenvalue weighted by Gasteiger charge is 2.09. The van der Waals surface area contributed by atoms with E-state index in [2.05, 4.69) is 10.5 Å². The molecule has 7 nitrogen and oxygen atoms in total. The summed E-state index contributed by atoms with van der Waals surface area (Å²) in [6.45, 7) is 1.34. The zero-order valence-corrected chi connectivity index (χ0v) is 10.6. The van der Waals surface area contributed by atoms with E-state index < -0.39 is 4.92 Å². The molecule has 1 aromatic heterocycles. The highest BCUT2D eigenvalue weighted by atomic mass is 16.6. The molecular formula is C13H11N3O4. The van der Waals surface area contributed by atoms with E-state index in [0.717, 1.165) is 0 Å². The van der Waals surface area contributed by atoms with E-state index in [1.165, 1.54) is 25.3 Å². The van der Waals surface area contributed by atoms with Crippen molar-refractivity contribution in [2.75, 3.05) is 0 Å². The Hall–Kier alpha value is -2.96. The van der Waals surface area contributed by atoms with Crippen LogP contribution < -0.4 is 5.43 Å². The van der Waals surface area contributed by atoms with Gasteiger partial charge in [-0.25, -0.2) is 5.43 Å². The molecule has 102 valence electrons. The van der Waals surface area contributed by atoms with E-state index in [1.807, 2.05) is 0 Å². The van der Waals surface area contributed by atoms with Crippen LogP contribution >= 0.6 is 0 Å². The molecule has 1 heterocycles. The quantitative estimate of drug-likeness (QED) is 0.525. The van der Waals surface area contributed by atoms with Gasteiger partial charge in [-0.1, -0.05) is 12.1 Å². The first kappa shape index (κ1) is 13.5. The van der Waals surface area contributed by atoms with Crippen LogP contribution in [-0.2, 0) is 4.79 Å². The third kappa shape index (κ3) is 3.29. The lowest BCUT2D eigenvalue weighted by atomic mass is 10.1. The SMILES string of the molecule is CC(=O)NN=Cc1ccc(-c2cccc([N+](=O)[O-])c2)o1. The van der Waals surface area contributed by atoms with E-state index in [0.29, 0.717) is 17.1 Å². The number of hydrogen-bond donors (Lipinski definition) is 1. The molecule has 2 aromatic rings. The van der Waals surface area contributed by atoms with Crippen LogP contribution in [0, 0.1) is 10.1 Å². The minimum absolute atomic E-state index is 0.00707. The van der Waals surface area contributed by atoms with Gasteiger partial charge in [0.2, 0.25) is 5.91 Å². The molecule has 0 aliphatic rings. The summed E-state index contributed by atoms with van der Waals surface area (Å²) in [6.07, 6.45) is 1.35. The van der Waals surface area contributed by atoms with Gasteiger partial charge < -0.3 is 4.42 Å². The molecule has 1 N–H and O–H groups in total. The van der Waals surface area contributed by atoms with Crippen LogP contribution in [0.3, 0.4) is 0 Å². The largest absolute Gasteiger partial charge is 0.455 e. The van der Waals surface area contributed by atoms with Crippen molar-refractivity contribution in [1.29, 1.82) is 0 Å². The van der Waals surface area contributed by atoms with Crippen LogP contribution in [0.25, 0.3) is 11.3 Å². The molecule has 20 heavy (non-hydrogen) atoms. The molecule has 0 atom stereocenters. The summed E-state index contributed by atoms with van der Waals surface area (Å²) in [5, 5.41) is 14.4. The molecule has 0 spiro atoms. The number of nitro benzene ring substituents is 1. The van der Waals surface area contributed by atoms with Gasteiger partial charge in [-0.15, -0.1) is 0 Å². The number of nitro groups is 1. The summed E-state index contributed by atoms with van der Waals surface area (Å²) in [5.41, 5.74) is 2.84. The molecule has 0 saturated carbocycles. The Balaban J connectivity index is 2.20. The van der Waals surface area contributed by atoms with Crippen LogP contribution in [0.1, 0.15) is 12.7 Å². The Morgan fingerprint density at radius 2 is 2.20 bits per heavy atom. The van der Waals surface area contributed by atoms with Crippen LogP contribution in [0.2, 0.25) is 0 Å². The van der Waals surface area contributed by atoms with E-state index >= 15 is 0 Å². The summed E-state index contributed by atoms with van der Waals surface area (Å²) in [6, 6.07) is 9.45. The summed E-state index contributed by atoms with van der Waals surface area (Å²) >= 11 is 0. The first-order chi connectivity index (χ1) is 9.56. The third-order valence-corrected chi connectivity index (χ3v) is 2.38. The predicted molar refractivity (Wildman–Crippen MR) is 72.2 cm³/mol. The number of rotatable bonds is 4. The molecule has 0 fully saturated rings. The molecule has 0 bridgehead atoms. The minimum atomic E-state index is -0.467. The summed E-state index contributed by atoms with van der Waals surface area (Å²) < 4.78 is 5.46. The van der Waals surface area contributed by atoms with Crippen molar-refractivity contribution in [2.45, 2.75) is 6.92 Å². The van der Waals surface area contributed by atoms with Crippen LogP contribution in [0.15, 0.2) is 45.9 Å². The maximum atomic E-state index is 10.7. The fraction of sp³-hybridized carbons (Fsp3) is 0.0769. The predicted octanol–water partition coefficient (Wildman–Crippen LogP) is 2.32. The second-order valence-corrected chi connectivity index (χ2v) is 3.94. The second-order valence-electron chi connectivity index (χ2n) is 3.94. The molecule has 0 saturated heterocycles. The maximum absolute atomic E-state index is 10.7. The molecule has 0 unspecified atom stereocenters. The highest BCUT2D eigenvalue weighted by molar-refractivity contribution is 5.80. The van der Waals surface area contributed by atoms with Crippen molar-refractivity contribution >= 4 is 17.8 Å². The molecular weight excluding hydrogens is 262 g/mol. The molecule has 0 aliphatic heterocycles. The Bertz CT molecular complexity index is 676. The van der Waals surface area contributed by atoms with Crippen molar-refractivity contribution in [3.05, 3.63) is 52.3 Å². The second kappa shape index (κ2) is 5.79. The highest BCUT2D eigenvalue weighted by Crippen LogP contribution is 2.25. The van der Waals surface area contributed by atoms with Gasteiger partial charge in [0.05, 0.1) is 11.1 Å². The van der Waals surface area contributed by atoms with Gasteiger partial charge in [0.1, 0.15) is 11.5 Å². The molecule has 1 amide bonds. The Morgan fingerprint density at radius 3 is 2.90 bits per heavy atom. The van der Waals surface area contributed by atoms with E-state index in [9.17, 15) is 14.9 Å². The number of nitrogens with one attached hydrogen (secondary N) is 1. The zero-order valence-electron chi connectivity index (χ0n) is 10.6. The lowest BCUT2D eigenvalue weighted by Crippen LogP contribution is -2.12. The van der Waals surface area contributed by atoms with Crippen LogP contribution in [-0.4, -0.2) is 17.0 Å². The summed E-state index contributed by atoms with van der Waals surface area (Å²) in [5.74, 6) is 0.630. The molecule has 1 aromatic carbocycles. The Labute approximate surface area is 114 Å². The molecule has 2 rings (SSSR count). The lowest BCUT2D eigenvalue weighted by molar-refractivity contribution is -0.384. The number of furan rings is 1. The van der Waals surface area contributed by atoms with E-state index in [-0.39, 0.29) is 11.6 Å². The van der Waals surface area contributed by atoms with Crippen molar-refractivity contribution in [1.82, 2.24) is 5.43 Å². The fourth-order valence-corrected chi connectivity index (χ4v) is 1.54. The van der Waals surface area contributed by atoms with Gasteiger partial charge in [-0.05, 0) is 12.1 Å². The standard InChI is InChI=1S/C13H11N3O4/c1-9(17)15-14-8-12-5-6-13(20-12)10-3-2-4-11(7-10)16(18)19/h2-8H,1H3,(H,15,17). The molecule has 0 aliphatic carbocycles. The van der Waals surface area contributed by atoms with Crippen LogP contribution in [0.4, 0.5) is 5.69 Å². The smallest absolute Gasteiger partial charge is 0.270 e. The third-order valence-electron chi connectivity index (χ3n) is 2.38.